The van der Waals surface area contributed by atoms with Gasteiger partial charge in [0.15, 0.2) is 5.78 Å². The molecule has 234 valence electrons. The van der Waals surface area contributed by atoms with E-state index >= 15 is 0 Å². The number of hydrogen-bond donors (Lipinski definition) is 1. The number of nitrogens with zero attached hydrogens (tertiary/aromatic N) is 2. The van der Waals surface area contributed by atoms with Crippen LogP contribution in [0.3, 0.4) is 0 Å². The molecule has 2 aromatic rings. The molecule has 1 aromatic carbocycles. The molecule has 4 rings (SSSR count). The van der Waals surface area contributed by atoms with E-state index in [9.17, 15) is 13.2 Å². The molecule has 3 atom stereocenters. The molecule has 2 aliphatic carbocycles. The van der Waals surface area contributed by atoms with E-state index in [2.05, 4.69) is 84.4 Å². The zero-order valence-corrected chi connectivity index (χ0v) is 28.1. The Morgan fingerprint density at radius 3 is 2.42 bits per heavy atom. The molecule has 0 unspecified atom stereocenters. The molecule has 43 heavy (non-hydrogen) atoms. The molecule has 2 N–H and O–H groups in total. The van der Waals surface area contributed by atoms with Crippen LogP contribution >= 0.6 is 0 Å². The van der Waals surface area contributed by atoms with Gasteiger partial charge in [0.05, 0.1) is 24.0 Å². The summed E-state index contributed by atoms with van der Waals surface area (Å²) in [7, 11) is -2.44. The van der Waals surface area contributed by atoms with Crippen molar-refractivity contribution in [3.05, 3.63) is 80.5 Å². The highest BCUT2D eigenvalue weighted by Crippen LogP contribution is 2.49. The van der Waals surface area contributed by atoms with E-state index in [4.69, 9.17) is 14.1 Å². The van der Waals surface area contributed by atoms with Crippen LogP contribution in [0.2, 0.25) is 0 Å². The van der Waals surface area contributed by atoms with E-state index in [0.29, 0.717) is 30.5 Å². The maximum atomic E-state index is 14.1. The normalized spacial score (nSPS) is 22.3. The highest BCUT2D eigenvalue weighted by Gasteiger charge is 2.50. The van der Waals surface area contributed by atoms with Crippen molar-refractivity contribution in [3.8, 4) is 0 Å². The maximum absolute atomic E-state index is 14.1. The minimum atomic E-state index is -4.06. The SMILES string of the molecule is CO[C@@H]1[C@@H](COS(N)(=O)=O)C[C@@H](Cc2ncncc2C(=O)C2=CC(C(C)(C)c3cc(C)c(C)c(C)c3C)=C(C)C2)C1(C)C. The number of methoxy groups -OCH3 is 1. The van der Waals surface area contributed by atoms with Gasteiger partial charge in [0, 0.05) is 30.2 Å². The number of benzene rings is 1. The summed E-state index contributed by atoms with van der Waals surface area (Å²) >= 11 is 0. The van der Waals surface area contributed by atoms with Crippen LogP contribution < -0.4 is 5.14 Å². The first-order valence-corrected chi connectivity index (χ1v) is 16.4. The quantitative estimate of drug-likeness (QED) is 0.330. The molecule has 9 heteroatoms. The highest BCUT2D eigenvalue weighted by atomic mass is 32.2. The van der Waals surface area contributed by atoms with Crippen molar-refractivity contribution in [1.29, 1.82) is 0 Å². The fourth-order valence-corrected chi connectivity index (χ4v) is 7.89. The Balaban J connectivity index is 1.62. The Morgan fingerprint density at radius 1 is 1.12 bits per heavy atom. The average molecular weight is 610 g/mol. The topological polar surface area (TPSA) is 121 Å². The van der Waals surface area contributed by atoms with Crippen LogP contribution in [-0.4, -0.2) is 44.0 Å². The number of nitrogens with two attached hydrogens (primary N) is 1. The summed E-state index contributed by atoms with van der Waals surface area (Å²) in [6, 6.07) is 2.30. The lowest BCUT2D eigenvalue weighted by Gasteiger charge is -2.33. The summed E-state index contributed by atoms with van der Waals surface area (Å²) in [6.45, 7) is 19.5. The number of carbonyl (C=O) groups excluding carboxylic acids is 1. The third kappa shape index (κ3) is 6.41. The number of carbonyl (C=O) groups is 1. The highest BCUT2D eigenvalue weighted by molar-refractivity contribution is 7.84. The largest absolute Gasteiger partial charge is 0.381 e. The van der Waals surface area contributed by atoms with E-state index in [1.54, 1.807) is 13.3 Å². The van der Waals surface area contributed by atoms with Crippen molar-refractivity contribution in [2.45, 2.75) is 93.1 Å². The van der Waals surface area contributed by atoms with Crippen molar-refractivity contribution >= 4 is 16.1 Å². The smallest absolute Gasteiger partial charge is 0.333 e. The fraction of sp³-hybridized carbons (Fsp3) is 0.559. The van der Waals surface area contributed by atoms with Gasteiger partial charge >= 0.3 is 10.3 Å². The standard InChI is InChI=1S/C34H47N3O5S/c1-19-12-29(23(5)22(4)21(19)3)34(8,9)28-14-24(11-20(28)2)31(38)27-16-36-18-37-30(27)15-26-13-25(17-42-43(35,39)40)32(41-10)33(26,6)7/h12,14,16,18,25-26,32H,11,13,15,17H2,1-10H3,(H2,35,39,40)/t25-,26+,32-/m1/s1. The summed E-state index contributed by atoms with van der Waals surface area (Å²) in [5.41, 5.74) is 10.2. The first-order chi connectivity index (χ1) is 19.9. The zero-order chi connectivity index (χ0) is 32.1. The van der Waals surface area contributed by atoms with Crippen LogP contribution in [0.4, 0.5) is 0 Å². The summed E-state index contributed by atoms with van der Waals surface area (Å²) < 4.78 is 33.7. The summed E-state index contributed by atoms with van der Waals surface area (Å²) in [5, 5.41) is 5.09. The fourth-order valence-electron chi connectivity index (χ4n) is 7.52. The van der Waals surface area contributed by atoms with E-state index in [0.717, 1.165) is 5.57 Å². The van der Waals surface area contributed by atoms with E-state index in [1.807, 2.05) is 0 Å². The number of aromatic nitrogens is 2. The van der Waals surface area contributed by atoms with Gasteiger partial charge in [-0.1, -0.05) is 45.4 Å². The minimum absolute atomic E-state index is 0.0528. The lowest BCUT2D eigenvalue weighted by Crippen LogP contribution is -2.36. The number of hydrogen-bond acceptors (Lipinski definition) is 7. The molecule has 1 saturated carbocycles. The van der Waals surface area contributed by atoms with Crippen molar-refractivity contribution in [2.24, 2.45) is 22.4 Å². The molecular formula is C34H47N3O5S. The molecule has 2 aliphatic rings. The summed E-state index contributed by atoms with van der Waals surface area (Å²) in [6.07, 6.45) is 6.71. The molecular weight excluding hydrogens is 562 g/mol. The second-order valence-electron chi connectivity index (χ2n) is 13.6. The van der Waals surface area contributed by atoms with E-state index in [-0.39, 0.29) is 41.2 Å². The summed E-state index contributed by atoms with van der Waals surface area (Å²) in [4.78, 5) is 22.9. The maximum Gasteiger partial charge on any atom is 0.333 e. The van der Waals surface area contributed by atoms with Crippen molar-refractivity contribution in [1.82, 2.24) is 9.97 Å². The van der Waals surface area contributed by atoms with E-state index in [1.165, 1.54) is 45.3 Å². The van der Waals surface area contributed by atoms with Crippen LogP contribution in [0.25, 0.3) is 0 Å². The second kappa shape index (κ2) is 12.0. The Morgan fingerprint density at radius 2 is 1.79 bits per heavy atom. The number of rotatable bonds is 10. The molecule has 8 nitrogen and oxygen atoms in total. The predicted octanol–water partition coefficient (Wildman–Crippen LogP) is 5.96. The van der Waals surface area contributed by atoms with E-state index < -0.39 is 10.3 Å². The van der Waals surface area contributed by atoms with Crippen LogP contribution in [0.15, 0.2) is 41.4 Å². The van der Waals surface area contributed by atoms with Gasteiger partial charge in [-0.15, -0.1) is 0 Å². The van der Waals surface area contributed by atoms with Gasteiger partial charge in [0.2, 0.25) is 0 Å². The Bertz CT molecular complexity index is 1600. The van der Waals surface area contributed by atoms with Crippen LogP contribution in [0.1, 0.15) is 91.3 Å². The van der Waals surface area contributed by atoms with Gasteiger partial charge in [-0.2, -0.15) is 8.42 Å². The van der Waals surface area contributed by atoms with Crippen LogP contribution in [-0.2, 0) is 31.1 Å². The van der Waals surface area contributed by atoms with Gasteiger partial charge in [0.1, 0.15) is 6.33 Å². The lowest BCUT2D eigenvalue weighted by atomic mass is 9.73. The van der Waals surface area contributed by atoms with Crippen LogP contribution in [0.5, 0.6) is 0 Å². The monoisotopic (exact) mass is 609 g/mol. The van der Waals surface area contributed by atoms with Gasteiger partial charge < -0.3 is 4.74 Å². The molecule has 0 spiro atoms. The Kier molecular flexibility index (Phi) is 9.25. The third-order valence-corrected chi connectivity index (χ3v) is 10.8. The molecule has 0 radical (unpaired) electrons. The molecule has 0 saturated heterocycles. The predicted molar refractivity (Wildman–Crippen MR) is 169 cm³/mol. The molecule has 0 bridgehead atoms. The van der Waals surface area contributed by atoms with Gasteiger partial charge in [-0.05, 0) is 98.6 Å². The van der Waals surface area contributed by atoms with Crippen LogP contribution in [0, 0.1) is 44.9 Å². The molecule has 1 aromatic heterocycles. The molecule has 1 fully saturated rings. The van der Waals surface area contributed by atoms with Gasteiger partial charge in [-0.3, -0.25) is 8.98 Å². The molecule has 1 heterocycles. The minimum Gasteiger partial charge on any atom is -0.381 e. The first kappa shape index (κ1) is 33.2. The van der Waals surface area contributed by atoms with Crippen molar-refractivity contribution in [2.75, 3.05) is 13.7 Å². The first-order valence-electron chi connectivity index (χ1n) is 14.9. The Hall–Kier alpha value is -2.72. The number of Topliss-reactive ketones (excluding diaryl/α,β-unsaturated/α-hetero) is 1. The number of ketones is 1. The van der Waals surface area contributed by atoms with Gasteiger partial charge in [0.25, 0.3) is 0 Å². The number of aryl methyl sites for hydroxylation is 1. The average Bonchev–Trinajstić information content (AvgIpc) is 3.44. The second-order valence-corrected chi connectivity index (χ2v) is 14.9. The van der Waals surface area contributed by atoms with Crippen molar-refractivity contribution in [3.63, 3.8) is 0 Å². The number of allylic oxidation sites excluding steroid dienone is 4. The molecule has 0 amide bonds. The number of ether oxygens (including phenoxy) is 1. The molecule has 0 aliphatic heterocycles. The zero-order valence-electron chi connectivity index (χ0n) is 27.3. The summed E-state index contributed by atoms with van der Waals surface area (Å²) in [5.74, 6) is -0.158. The third-order valence-electron chi connectivity index (χ3n) is 10.3. The lowest BCUT2D eigenvalue weighted by molar-refractivity contribution is -0.0191. The van der Waals surface area contributed by atoms with Crippen molar-refractivity contribution < 1.29 is 22.1 Å². The Labute approximate surface area is 257 Å². The van der Waals surface area contributed by atoms with Gasteiger partial charge in [-0.25, -0.2) is 15.1 Å².